The highest BCUT2D eigenvalue weighted by molar-refractivity contribution is 6.07. The van der Waals surface area contributed by atoms with Crippen LogP contribution in [-0.2, 0) is 15.1 Å². The number of hydrogen-bond acceptors (Lipinski definition) is 4. The minimum Gasteiger partial charge on any atom is -0.351 e. The van der Waals surface area contributed by atoms with Crippen molar-refractivity contribution in [3.63, 3.8) is 0 Å². The predicted molar refractivity (Wildman–Crippen MR) is 67.2 cm³/mol. The second-order valence-corrected chi connectivity index (χ2v) is 4.58. The number of allylic oxidation sites excluding steroid dienone is 1. The van der Waals surface area contributed by atoms with Crippen LogP contribution in [0.5, 0.6) is 0 Å². The Morgan fingerprint density at radius 3 is 3.00 bits per heavy atom. The van der Waals surface area contributed by atoms with Gasteiger partial charge in [-0.3, -0.25) is 4.79 Å². The van der Waals surface area contributed by atoms with Gasteiger partial charge in [-0.25, -0.2) is 0 Å². The molecule has 96 valence electrons. The smallest absolute Gasteiger partial charge is 0.186 e. The standard InChI is InChI=1S/C15H13NO3/c1-2-18-14-12(9-16)15(19-14)8-7-13(17)10-5-3-4-6-11(10)15/h3-8,12,14H,2H2,1H3/t12-,14-,15?/m0/s1. The first-order valence-electron chi connectivity index (χ1n) is 6.25. The number of nitrogens with zero attached hydrogens (tertiary/aromatic N) is 1. The number of fused-ring (bicyclic) bond motifs is 2. The number of rotatable bonds is 2. The molecule has 0 saturated carbocycles. The van der Waals surface area contributed by atoms with E-state index in [0.29, 0.717) is 12.2 Å². The molecule has 4 nitrogen and oxygen atoms in total. The molecule has 4 heteroatoms. The Morgan fingerprint density at radius 1 is 1.47 bits per heavy atom. The van der Waals surface area contributed by atoms with Crippen molar-refractivity contribution in [2.24, 2.45) is 5.92 Å². The second kappa shape index (κ2) is 4.30. The van der Waals surface area contributed by atoms with Crippen molar-refractivity contribution in [1.82, 2.24) is 0 Å². The third-order valence-electron chi connectivity index (χ3n) is 3.61. The first-order chi connectivity index (χ1) is 9.23. The van der Waals surface area contributed by atoms with Crippen LogP contribution in [0, 0.1) is 17.2 Å². The maximum atomic E-state index is 11.9. The summed E-state index contributed by atoms with van der Waals surface area (Å²) in [5.74, 6) is -0.487. The fourth-order valence-corrected chi connectivity index (χ4v) is 2.71. The van der Waals surface area contributed by atoms with Gasteiger partial charge < -0.3 is 9.47 Å². The monoisotopic (exact) mass is 255 g/mol. The fraction of sp³-hybridized carbons (Fsp3) is 0.333. The van der Waals surface area contributed by atoms with Gasteiger partial charge in [0.2, 0.25) is 0 Å². The molecule has 1 fully saturated rings. The fourth-order valence-electron chi connectivity index (χ4n) is 2.71. The predicted octanol–water partition coefficient (Wildman–Crippen LogP) is 2.17. The van der Waals surface area contributed by atoms with Crippen LogP contribution in [-0.4, -0.2) is 18.7 Å². The first kappa shape index (κ1) is 12.1. The Hall–Kier alpha value is -1.96. The average Bonchev–Trinajstić information content (AvgIpc) is 2.42. The van der Waals surface area contributed by atoms with Crippen molar-refractivity contribution in [1.29, 1.82) is 5.26 Å². The van der Waals surface area contributed by atoms with E-state index in [1.165, 1.54) is 6.08 Å². The molecule has 1 aliphatic heterocycles. The van der Waals surface area contributed by atoms with Gasteiger partial charge in [-0.1, -0.05) is 24.3 Å². The molecule has 0 radical (unpaired) electrons. The van der Waals surface area contributed by atoms with Crippen LogP contribution in [0.2, 0.25) is 0 Å². The number of carbonyl (C=O) groups is 1. The van der Waals surface area contributed by atoms with E-state index < -0.39 is 17.8 Å². The Kier molecular flexibility index (Phi) is 2.74. The average molecular weight is 255 g/mol. The van der Waals surface area contributed by atoms with Crippen molar-refractivity contribution in [2.45, 2.75) is 18.8 Å². The molecule has 2 aliphatic rings. The molecule has 1 aliphatic carbocycles. The van der Waals surface area contributed by atoms with E-state index in [1.54, 1.807) is 12.1 Å². The maximum absolute atomic E-state index is 11.9. The summed E-state index contributed by atoms with van der Waals surface area (Å²) in [5, 5.41) is 9.36. The SMILES string of the molecule is CCO[C@H]1OC2(C=CC(=O)c3ccccc32)[C@H]1C#N. The van der Waals surface area contributed by atoms with E-state index in [-0.39, 0.29) is 5.78 Å². The molecule has 1 unspecified atom stereocenters. The van der Waals surface area contributed by atoms with Gasteiger partial charge in [-0.2, -0.15) is 5.26 Å². The zero-order valence-electron chi connectivity index (χ0n) is 10.5. The summed E-state index contributed by atoms with van der Waals surface area (Å²) in [6.45, 7) is 2.35. The van der Waals surface area contributed by atoms with E-state index in [0.717, 1.165) is 5.56 Å². The Morgan fingerprint density at radius 2 is 2.26 bits per heavy atom. The summed E-state index contributed by atoms with van der Waals surface area (Å²) in [7, 11) is 0. The van der Waals surface area contributed by atoms with Gasteiger partial charge in [-0.05, 0) is 19.1 Å². The van der Waals surface area contributed by atoms with Crippen LogP contribution in [0.25, 0.3) is 0 Å². The zero-order valence-corrected chi connectivity index (χ0v) is 10.5. The lowest BCUT2D eigenvalue weighted by molar-refractivity contribution is -0.325. The molecule has 0 aromatic heterocycles. The van der Waals surface area contributed by atoms with Crippen LogP contribution in [0.4, 0.5) is 0 Å². The third-order valence-corrected chi connectivity index (χ3v) is 3.61. The minimum atomic E-state index is -0.834. The lowest BCUT2D eigenvalue weighted by Gasteiger charge is -2.51. The van der Waals surface area contributed by atoms with Gasteiger partial charge >= 0.3 is 0 Å². The molecule has 1 aromatic carbocycles. The first-order valence-corrected chi connectivity index (χ1v) is 6.25. The van der Waals surface area contributed by atoms with E-state index in [2.05, 4.69) is 6.07 Å². The minimum absolute atomic E-state index is 0.0543. The molecule has 0 N–H and O–H groups in total. The molecular weight excluding hydrogens is 242 g/mol. The normalized spacial score (nSPS) is 31.7. The highest BCUT2D eigenvalue weighted by Crippen LogP contribution is 2.51. The summed E-state index contributed by atoms with van der Waals surface area (Å²) in [6.07, 6.45) is 2.64. The highest BCUT2D eigenvalue weighted by Gasteiger charge is 2.58. The summed E-state index contributed by atoms with van der Waals surface area (Å²) < 4.78 is 11.2. The molecule has 3 rings (SSSR count). The Bertz CT molecular complexity index is 602. The number of ketones is 1. The van der Waals surface area contributed by atoms with Gasteiger partial charge in [0.05, 0.1) is 6.07 Å². The van der Waals surface area contributed by atoms with Crippen LogP contribution in [0.1, 0.15) is 22.8 Å². The Labute approximate surface area is 111 Å². The van der Waals surface area contributed by atoms with E-state index in [9.17, 15) is 10.1 Å². The molecule has 1 aromatic rings. The molecule has 3 atom stereocenters. The molecule has 0 bridgehead atoms. The second-order valence-electron chi connectivity index (χ2n) is 4.58. The summed E-state index contributed by atoms with van der Waals surface area (Å²) in [6, 6.07) is 9.49. The zero-order chi connectivity index (χ0) is 13.5. The summed E-state index contributed by atoms with van der Waals surface area (Å²) in [5.41, 5.74) is 0.518. The number of benzene rings is 1. The van der Waals surface area contributed by atoms with Crippen molar-refractivity contribution >= 4 is 5.78 Å². The highest BCUT2D eigenvalue weighted by atomic mass is 16.7. The maximum Gasteiger partial charge on any atom is 0.186 e. The van der Waals surface area contributed by atoms with Gasteiger partial charge in [-0.15, -0.1) is 0 Å². The molecule has 0 amide bonds. The van der Waals surface area contributed by atoms with E-state index in [1.807, 2.05) is 25.1 Å². The number of ether oxygens (including phenoxy) is 2. The topological polar surface area (TPSA) is 59.3 Å². The van der Waals surface area contributed by atoms with E-state index >= 15 is 0 Å². The van der Waals surface area contributed by atoms with Crippen molar-refractivity contribution in [2.75, 3.05) is 6.61 Å². The van der Waals surface area contributed by atoms with Gasteiger partial charge in [0.15, 0.2) is 12.1 Å². The molecule has 1 heterocycles. The van der Waals surface area contributed by atoms with Crippen molar-refractivity contribution in [3.8, 4) is 6.07 Å². The number of carbonyl (C=O) groups excluding carboxylic acids is 1. The van der Waals surface area contributed by atoms with Gasteiger partial charge in [0.1, 0.15) is 11.5 Å². The van der Waals surface area contributed by atoms with Crippen LogP contribution in [0.3, 0.4) is 0 Å². The number of hydrogen-bond donors (Lipinski definition) is 0. The molecule has 1 spiro atoms. The Balaban J connectivity index is 2.05. The van der Waals surface area contributed by atoms with Crippen molar-refractivity contribution in [3.05, 3.63) is 47.5 Å². The largest absolute Gasteiger partial charge is 0.351 e. The molecule has 1 saturated heterocycles. The number of nitriles is 1. The van der Waals surface area contributed by atoms with Crippen molar-refractivity contribution < 1.29 is 14.3 Å². The quantitative estimate of drug-likeness (QED) is 0.812. The van der Waals surface area contributed by atoms with Gasteiger partial charge in [0, 0.05) is 17.7 Å². The third kappa shape index (κ3) is 1.56. The molecular formula is C15H13NO3. The van der Waals surface area contributed by atoms with Crippen LogP contribution in [0.15, 0.2) is 36.4 Å². The van der Waals surface area contributed by atoms with E-state index in [4.69, 9.17) is 9.47 Å². The summed E-state index contributed by atoms with van der Waals surface area (Å²) >= 11 is 0. The van der Waals surface area contributed by atoms with Crippen LogP contribution >= 0.6 is 0 Å². The van der Waals surface area contributed by atoms with Gasteiger partial charge in [0.25, 0.3) is 0 Å². The lowest BCUT2D eigenvalue weighted by Crippen LogP contribution is -2.58. The summed E-state index contributed by atoms with van der Waals surface area (Å²) in [4.78, 5) is 11.9. The van der Waals surface area contributed by atoms with Crippen LogP contribution < -0.4 is 0 Å². The lowest BCUT2D eigenvalue weighted by atomic mass is 9.71. The molecule has 19 heavy (non-hydrogen) atoms.